The average molecular weight is 277 g/mol. The Balaban J connectivity index is 2.41. The lowest BCUT2D eigenvalue weighted by molar-refractivity contribution is 0.381. The number of rotatable bonds is 3. The number of hydrogen-bond acceptors (Lipinski definition) is 2. The fourth-order valence-electron chi connectivity index (χ4n) is 1.53. The number of nitrogens with one attached hydrogen (secondary N) is 2. The molecule has 1 aromatic carbocycles. The van der Waals surface area contributed by atoms with Crippen LogP contribution in [0.25, 0.3) is 0 Å². The molecular formula is C11H8F5N3. The Kier molecular flexibility index (Phi) is 3.41. The highest BCUT2D eigenvalue weighted by molar-refractivity contribution is 5.49. The quantitative estimate of drug-likeness (QED) is 0.513. The Bertz CT molecular complexity index is 568. The minimum atomic E-state index is -2.19. The summed E-state index contributed by atoms with van der Waals surface area (Å²) in [5, 5.41) is 8.36. The molecule has 0 fully saturated rings. The third kappa shape index (κ3) is 2.25. The SMILES string of the molecule is CC(Nc1c(F)c(F)c(F)c(F)c1F)c1ccn[nH]1. The third-order valence-electron chi connectivity index (χ3n) is 2.56. The van der Waals surface area contributed by atoms with Gasteiger partial charge in [-0.3, -0.25) is 5.10 Å². The Hall–Kier alpha value is -2.12. The predicted octanol–water partition coefficient (Wildman–Crippen LogP) is 3.28. The summed E-state index contributed by atoms with van der Waals surface area (Å²) in [7, 11) is 0. The first kappa shape index (κ1) is 13.3. The smallest absolute Gasteiger partial charge is 0.200 e. The maximum atomic E-state index is 13.4. The van der Waals surface area contributed by atoms with Gasteiger partial charge in [-0.1, -0.05) is 0 Å². The molecule has 2 aromatic rings. The van der Waals surface area contributed by atoms with Gasteiger partial charge < -0.3 is 5.32 Å². The second-order valence-corrected chi connectivity index (χ2v) is 3.82. The van der Waals surface area contributed by atoms with Crippen molar-refractivity contribution in [2.45, 2.75) is 13.0 Å². The van der Waals surface area contributed by atoms with E-state index in [2.05, 4.69) is 15.5 Å². The van der Waals surface area contributed by atoms with Crippen LogP contribution in [0.15, 0.2) is 12.3 Å². The van der Waals surface area contributed by atoms with Crippen LogP contribution in [0.1, 0.15) is 18.7 Å². The van der Waals surface area contributed by atoms with E-state index in [0.717, 1.165) is 0 Å². The molecule has 0 aliphatic heterocycles. The maximum Gasteiger partial charge on any atom is 0.200 e. The molecule has 2 rings (SSSR count). The molecule has 1 aromatic heterocycles. The third-order valence-corrected chi connectivity index (χ3v) is 2.56. The first-order valence-electron chi connectivity index (χ1n) is 5.20. The van der Waals surface area contributed by atoms with Crippen molar-refractivity contribution in [1.82, 2.24) is 10.2 Å². The zero-order valence-corrected chi connectivity index (χ0v) is 9.57. The molecule has 0 aliphatic carbocycles. The molecule has 0 spiro atoms. The van der Waals surface area contributed by atoms with Crippen LogP contribution in [0, 0.1) is 29.1 Å². The van der Waals surface area contributed by atoms with Gasteiger partial charge >= 0.3 is 0 Å². The van der Waals surface area contributed by atoms with E-state index >= 15 is 0 Å². The fraction of sp³-hybridized carbons (Fsp3) is 0.182. The lowest BCUT2D eigenvalue weighted by Gasteiger charge is -2.15. The average Bonchev–Trinajstić information content (AvgIpc) is 2.93. The molecule has 1 heterocycles. The molecule has 19 heavy (non-hydrogen) atoms. The van der Waals surface area contributed by atoms with Gasteiger partial charge in [0.1, 0.15) is 5.69 Å². The molecule has 0 saturated carbocycles. The van der Waals surface area contributed by atoms with Gasteiger partial charge in [-0.05, 0) is 13.0 Å². The second kappa shape index (κ2) is 4.87. The molecule has 0 radical (unpaired) electrons. The number of H-pyrrole nitrogens is 1. The van der Waals surface area contributed by atoms with Crippen LogP contribution in [-0.4, -0.2) is 10.2 Å². The van der Waals surface area contributed by atoms with Gasteiger partial charge in [-0.25, -0.2) is 22.0 Å². The summed E-state index contributed by atoms with van der Waals surface area (Å²) in [5.41, 5.74) is -0.637. The van der Waals surface area contributed by atoms with Crippen LogP contribution >= 0.6 is 0 Å². The van der Waals surface area contributed by atoms with Gasteiger partial charge in [-0.2, -0.15) is 5.10 Å². The largest absolute Gasteiger partial charge is 0.372 e. The summed E-state index contributed by atoms with van der Waals surface area (Å²) < 4.78 is 65.6. The van der Waals surface area contributed by atoms with E-state index in [1.807, 2.05) is 0 Å². The van der Waals surface area contributed by atoms with Gasteiger partial charge in [0, 0.05) is 6.20 Å². The molecule has 3 nitrogen and oxygen atoms in total. The van der Waals surface area contributed by atoms with Crippen LogP contribution in [0.2, 0.25) is 0 Å². The maximum absolute atomic E-state index is 13.4. The van der Waals surface area contributed by atoms with Crippen LogP contribution in [0.5, 0.6) is 0 Å². The van der Waals surface area contributed by atoms with Crippen LogP contribution in [-0.2, 0) is 0 Å². The lowest BCUT2D eigenvalue weighted by atomic mass is 10.2. The van der Waals surface area contributed by atoms with E-state index < -0.39 is 40.8 Å². The van der Waals surface area contributed by atoms with Crippen molar-refractivity contribution in [1.29, 1.82) is 0 Å². The minimum absolute atomic E-state index is 0.434. The highest BCUT2D eigenvalue weighted by atomic mass is 19.2. The van der Waals surface area contributed by atoms with Gasteiger partial charge in [0.15, 0.2) is 23.3 Å². The molecule has 2 N–H and O–H groups in total. The molecule has 102 valence electrons. The fourth-order valence-corrected chi connectivity index (χ4v) is 1.53. The van der Waals surface area contributed by atoms with E-state index in [0.29, 0.717) is 5.69 Å². The first-order valence-corrected chi connectivity index (χ1v) is 5.20. The number of halogens is 5. The monoisotopic (exact) mass is 277 g/mol. The Labute approximate surface area is 104 Å². The minimum Gasteiger partial charge on any atom is -0.372 e. The summed E-state index contributed by atoms with van der Waals surface area (Å²) in [6, 6.07) is 0.791. The van der Waals surface area contributed by atoms with Gasteiger partial charge in [-0.15, -0.1) is 0 Å². The standard InChI is InChI=1S/C11H8F5N3/c1-4(5-2-3-17-19-5)18-11-9(15)7(13)6(12)8(14)10(11)16/h2-4,18H,1H3,(H,17,19). The van der Waals surface area contributed by atoms with Crippen LogP contribution in [0.3, 0.4) is 0 Å². The number of nitrogens with zero attached hydrogens (tertiary/aromatic N) is 1. The van der Waals surface area contributed by atoms with Crippen molar-refractivity contribution in [2.24, 2.45) is 0 Å². The highest BCUT2D eigenvalue weighted by Gasteiger charge is 2.26. The number of aromatic amines is 1. The van der Waals surface area contributed by atoms with E-state index in [1.165, 1.54) is 19.2 Å². The van der Waals surface area contributed by atoms with E-state index in [9.17, 15) is 22.0 Å². The van der Waals surface area contributed by atoms with Crippen LogP contribution in [0.4, 0.5) is 27.6 Å². The van der Waals surface area contributed by atoms with E-state index in [-0.39, 0.29) is 0 Å². The Morgan fingerprint density at radius 3 is 2.00 bits per heavy atom. The summed E-state index contributed by atoms with van der Waals surface area (Å²) >= 11 is 0. The molecule has 0 amide bonds. The van der Waals surface area contributed by atoms with Crippen molar-refractivity contribution in [3.05, 3.63) is 47.0 Å². The molecule has 8 heteroatoms. The summed E-state index contributed by atoms with van der Waals surface area (Å²) in [6.07, 6.45) is 1.39. The zero-order valence-electron chi connectivity index (χ0n) is 9.57. The summed E-state index contributed by atoms with van der Waals surface area (Å²) in [6.45, 7) is 1.48. The van der Waals surface area contributed by atoms with E-state index in [1.54, 1.807) is 0 Å². The van der Waals surface area contributed by atoms with Crippen molar-refractivity contribution in [3.63, 3.8) is 0 Å². The summed E-state index contributed by atoms with van der Waals surface area (Å²) in [4.78, 5) is 0. The molecule has 1 atom stereocenters. The van der Waals surface area contributed by atoms with Crippen molar-refractivity contribution in [2.75, 3.05) is 5.32 Å². The number of anilines is 1. The van der Waals surface area contributed by atoms with Gasteiger partial charge in [0.25, 0.3) is 0 Å². The Morgan fingerprint density at radius 2 is 1.53 bits per heavy atom. The molecular weight excluding hydrogens is 269 g/mol. The molecule has 0 aliphatic rings. The van der Waals surface area contributed by atoms with Crippen molar-refractivity contribution < 1.29 is 22.0 Å². The van der Waals surface area contributed by atoms with Crippen molar-refractivity contribution in [3.8, 4) is 0 Å². The van der Waals surface area contributed by atoms with Gasteiger partial charge in [0.2, 0.25) is 5.82 Å². The predicted molar refractivity (Wildman–Crippen MR) is 56.9 cm³/mol. The number of hydrogen-bond donors (Lipinski definition) is 2. The lowest BCUT2D eigenvalue weighted by Crippen LogP contribution is -2.13. The van der Waals surface area contributed by atoms with Crippen LogP contribution < -0.4 is 5.32 Å². The number of benzene rings is 1. The number of aromatic nitrogens is 2. The second-order valence-electron chi connectivity index (χ2n) is 3.82. The highest BCUT2D eigenvalue weighted by Crippen LogP contribution is 2.29. The molecule has 1 unspecified atom stereocenters. The molecule has 0 bridgehead atoms. The topological polar surface area (TPSA) is 40.7 Å². The van der Waals surface area contributed by atoms with Crippen molar-refractivity contribution >= 4 is 5.69 Å². The molecule has 0 saturated heterocycles. The zero-order chi connectivity index (χ0) is 14.2. The van der Waals surface area contributed by atoms with E-state index in [4.69, 9.17) is 0 Å². The summed E-state index contributed by atoms with van der Waals surface area (Å²) in [5.74, 6) is -9.96. The van der Waals surface area contributed by atoms with Gasteiger partial charge in [0.05, 0.1) is 11.7 Å². The first-order chi connectivity index (χ1) is 8.93. The Morgan fingerprint density at radius 1 is 1.00 bits per heavy atom. The normalized spacial score (nSPS) is 12.5.